The fourth-order valence-electron chi connectivity index (χ4n) is 5.10. The molecule has 0 saturated carbocycles. The number of amides is 4. The molecular formula is C25H24N2O6. The van der Waals surface area contributed by atoms with Crippen LogP contribution in [0.4, 0.5) is 0 Å². The molecular weight excluding hydrogens is 424 g/mol. The first-order chi connectivity index (χ1) is 15.8. The lowest BCUT2D eigenvalue weighted by molar-refractivity contribution is -0.236. The Bertz CT molecular complexity index is 1100. The van der Waals surface area contributed by atoms with E-state index in [1.807, 2.05) is 13.8 Å². The molecule has 33 heavy (non-hydrogen) atoms. The van der Waals surface area contributed by atoms with Crippen molar-refractivity contribution < 1.29 is 28.7 Å². The van der Waals surface area contributed by atoms with Crippen LogP contribution in [0, 0.1) is 11.8 Å². The Morgan fingerprint density at radius 1 is 0.758 bits per heavy atom. The summed E-state index contributed by atoms with van der Waals surface area (Å²) >= 11 is 0. The van der Waals surface area contributed by atoms with Crippen LogP contribution in [0.1, 0.15) is 55.3 Å². The number of carbonyl (C=O) groups excluding carboxylic acids is 4. The standard InChI is InChI=1S/C25H24N2O6/c1-13-14(2)20(27-23(30)17-10-6-7-11-18(17)24(27)31)25(32-3)33-19(13)12-26-21(28)15-8-4-5-9-16(15)22(26)29/h4-11,13-14,19-20,25H,12H2,1-3H3/t13-,14-,19?,20-,25?/m0/s1. The minimum atomic E-state index is -0.890. The van der Waals surface area contributed by atoms with Crippen LogP contribution in [-0.2, 0) is 9.47 Å². The summed E-state index contributed by atoms with van der Waals surface area (Å²) in [5.74, 6) is -1.82. The second-order valence-corrected chi connectivity index (χ2v) is 8.78. The van der Waals surface area contributed by atoms with E-state index >= 15 is 0 Å². The Kier molecular flexibility index (Phi) is 5.14. The molecule has 0 aliphatic carbocycles. The molecule has 3 aliphatic rings. The van der Waals surface area contributed by atoms with E-state index in [-0.39, 0.29) is 42.0 Å². The van der Waals surface area contributed by atoms with Gasteiger partial charge in [-0.2, -0.15) is 0 Å². The summed E-state index contributed by atoms with van der Waals surface area (Å²) in [6.07, 6.45) is -1.41. The molecule has 0 bridgehead atoms. The molecule has 4 amide bonds. The quantitative estimate of drug-likeness (QED) is 0.668. The highest BCUT2D eigenvalue weighted by atomic mass is 16.7. The number of hydrogen-bond donors (Lipinski definition) is 0. The lowest BCUT2D eigenvalue weighted by atomic mass is 9.81. The van der Waals surface area contributed by atoms with Crippen molar-refractivity contribution in [3.05, 3.63) is 70.8 Å². The van der Waals surface area contributed by atoms with Crippen molar-refractivity contribution in [3.63, 3.8) is 0 Å². The van der Waals surface area contributed by atoms with Crippen molar-refractivity contribution in [2.45, 2.75) is 32.3 Å². The third-order valence-electron chi connectivity index (χ3n) is 7.14. The lowest BCUT2D eigenvalue weighted by Crippen LogP contribution is -2.60. The molecule has 5 rings (SSSR count). The Labute approximate surface area is 191 Å². The summed E-state index contributed by atoms with van der Waals surface area (Å²) in [6.45, 7) is 3.93. The van der Waals surface area contributed by atoms with Crippen molar-refractivity contribution in [1.29, 1.82) is 0 Å². The van der Waals surface area contributed by atoms with Gasteiger partial charge in [0, 0.05) is 7.11 Å². The van der Waals surface area contributed by atoms with Gasteiger partial charge in [0.05, 0.1) is 40.9 Å². The van der Waals surface area contributed by atoms with Crippen molar-refractivity contribution in [3.8, 4) is 0 Å². The molecule has 1 fully saturated rings. The molecule has 3 heterocycles. The second kappa shape index (κ2) is 7.90. The van der Waals surface area contributed by atoms with Crippen LogP contribution >= 0.6 is 0 Å². The van der Waals surface area contributed by atoms with Gasteiger partial charge in [-0.25, -0.2) is 0 Å². The third kappa shape index (κ3) is 3.13. The van der Waals surface area contributed by atoms with Gasteiger partial charge in [0.25, 0.3) is 23.6 Å². The summed E-state index contributed by atoms with van der Waals surface area (Å²) < 4.78 is 11.8. The first kappa shape index (κ1) is 21.5. The van der Waals surface area contributed by atoms with Crippen LogP contribution < -0.4 is 0 Å². The maximum Gasteiger partial charge on any atom is 0.261 e. The van der Waals surface area contributed by atoms with Crippen LogP contribution in [0.2, 0.25) is 0 Å². The monoisotopic (exact) mass is 448 g/mol. The summed E-state index contributed by atoms with van der Waals surface area (Å²) in [5.41, 5.74) is 1.49. The van der Waals surface area contributed by atoms with E-state index in [1.165, 1.54) is 16.9 Å². The van der Waals surface area contributed by atoms with Crippen molar-refractivity contribution >= 4 is 23.6 Å². The SMILES string of the molecule is COC1OC(CN2C(=O)c3ccccc3C2=O)[C@@H](C)[C@H](C)[C@@H]1N1C(=O)c2ccccc2C1=O. The zero-order valence-corrected chi connectivity index (χ0v) is 18.6. The van der Waals surface area contributed by atoms with E-state index in [0.717, 1.165) is 0 Å². The molecule has 8 heteroatoms. The molecule has 2 unspecified atom stereocenters. The molecule has 0 aromatic heterocycles. The van der Waals surface area contributed by atoms with Gasteiger partial charge >= 0.3 is 0 Å². The highest BCUT2D eigenvalue weighted by Crippen LogP contribution is 2.38. The number of carbonyl (C=O) groups is 4. The maximum absolute atomic E-state index is 13.1. The maximum atomic E-state index is 13.1. The molecule has 8 nitrogen and oxygen atoms in total. The number of fused-ring (bicyclic) bond motifs is 2. The van der Waals surface area contributed by atoms with Gasteiger partial charge in [-0.15, -0.1) is 0 Å². The number of ether oxygens (including phenoxy) is 2. The number of hydrogen-bond acceptors (Lipinski definition) is 6. The summed E-state index contributed by atoms with van der Waals surface area (Å²) in [5, 5.41) is 0. The zero-order valence-electron chi connectivity index (χ0n) is 18.6. The smallest absolute Gasteiger partial charge is 0.261 e. The van der Waals surface area contributed by atoms with E-state index in [1.54, 1.807) is 48.5 Å². The fraction of sp³-hybridized carbons (Fsp3) is 0.360. The van der Waals surface area contributed by atoms with E-state index < -0.39 is 18.4 Å². The first-order valence-corrected chi connectivity index (χ1v) is 11.0. The van der Waals surface area contributed by atoms with Gasteiger partial charge in [-0.05, 0) is 36.1 Å². The van der Waals surface area contributed by atoms with E-state index in [0.29, 0.717) is 22.3 Å². The van der Waals surface area contributed by atoms with Gasteiger partial charge in [0.15, 0.2) is 6.29 Å². The van der Waals surface area contributed by atoms with Crippen LogP contribution in [0.3, 0.4) is 0 Å². The highest BCUT2D eigenvalue weighted by Gasteiger charge is 2.52. The molecule has 0 spiro atoms. The predicted molar refractivity (Wildman–Crippen MR) is 117 cm³/mol. The van der Waals surface area contributed by atoms with Gasteiger partial charge < -0.3 is 9.47 Å². The van der Waals surface area contributed by atoms with E-state index in [2.05, 4.69) is 0 Å². The first-order valence-electron chi connectivity index (χ1n) is 11.0. The number of methoxy groups -OCH3 is 1. The average molecular weight is 448 g/mol. The normalized spacial score (nSPS) is 29.0. The van der Waals surface area contributed by atoms with E-state index in [9.17, 15) is 19.2 Å². The molecule has 0 radical (unpaired) electrons. The highest BCUT2D eigenvalue weighted by molar-refractivity contribution is 6.22. The third-order valence-corrected chi connectivity index (χ3v) is 7.14. The Balaban J connectivity index is 1.39. The Morgan fingerprint density at radius 2 is 1.21 bits per heavy atom. The minimum absolute atomic E-state index is 0.0621. The zero-order chi connectivity index (χ0) is 23.4. The number of benzene rings is 2. The predicted octanol–water partition coefficient (Wildman–Crippen LogP) is 2.59. The summed E-state index contributed by atoms with van der Waals surface area (Å²) in [4.78, 5) is 54.3. The lowest BCUT2D eigenvalue weighted by Gasteiger charge is -2.47. The topological polar surface area (TPSA) is 93.2 Å². The van der Waals surface area contributed by atoms with Crippen LogP contribution in [0.25, 0.3) is 0 Å². The fourth-order valence-corrected chi connectivity index (χ4v) is 5.10. The van der Waals surface area contributed by atoms with Gasteiger partial charge in [-0.1, -0.05) is 38.1 Å². The van der Waals surface area contributed by atoms with Gasteiger partial charge in [-0.3, -0.25) is 29.0 Å². The van der Waals surface area contributed by atoms with Crippen molar-refractivity contribution in [2.75, 3.05) is 13.7 Å². The van der Waals surface area contributed by atoms with Crippen molar-refractivity contribution in [2.24, 2.45) is 11.8 Å². The van der Waals surface area contributed by atoms with Gasteiger partial charge in [0.2, 0.25) is 0 Å². The average Bonchev–Trinajstić information content (AvgIpc) is 3.22. The minimum Gasteiger partial charge on any atom is -0.354 e. The number of rotatable bonds is 4. The van der Waals surface area contributed by atoms with Crippen LogP contribution in [-0.4, -0.2) is 65.5 Å². The molecule has 1 saturated heterocycles. The molecule has 2 aromatic rings. The molecule has 3 aliphatic heterocycles. The van der Waals surface area contributed by atoms with E-state index in [4.69, 9.17) is 9.47 Å². The number of imide groups is 2. The van der Waals surface area contributed by atoms with Crippen LogP contribution in [0.15, 0.2) is 48.5 Å². The van der Waals surface area contributed by atoms with Gasteiger partial charge in [0.1, 0.15) is 0 Å². The summed E-state index contributed by atoms with van der Waals surface area (Å²) in [7, 11) is 1.46. The molecule has 170 valence electrons. The van der Waals surface area contributed by atoms with Crippen LogP contribution in [0.5, 0.6) is 0 Å². The second-order valence-electron chi connectivity index (χ2n) is 8.78. The molecule has 5 atom stereocenters. The largest absolute Gasteiger partial charge is 0.354 e. The Hall–Kier alpha value is -3.36. The Morgan fingerprint density at radius 3 is 1.67 bits per heavy atom. The molecule has 2 aromatic carbocycles. The number of nitrogens with zero attached hydrogens (tertiary/aromatic N) is 2. The molecule has 0 N–H and O–H groups in total. The van der Waals surface area contributed by atoms with Crippen molar-refractivity contribution in [1.82, 2.24) is 9.80 Å². The summed E-state index contributed by atoms with van der Waals surface area (Å²) in [6, 6.07) is 12.8.